The number of hydrogen-bond acceptors (Lipinski definition) is 5. The van der Waals surface area contributed by atoms with Crippen molar-refractivity contribution in [1.29, 1.82) is 0 Å². The lowest BCUT2D eigenvalue weighted by atomic mass is 9.95. The van der Waals surface area contributed by atoms with Crippen LogP contribution in [0, 0.1) is 6.92 Å². The number of benzene rings is 1. The molecule has 0 bridgehead atoms. The third-order valence-electron chi connectivity index (χ3n) is 6.05. The van der Waals surface area contributed by atoms with Crippen LogP contribution in [0.4, 0.5) is 0 Å². The van der Waals surface area contributed by atoms with E-state index in [2.05, 4.69) is 5.32 Å². The van der Waals surface area contributed by atoms with E-state index in [9.17, 15) is 9.59 Å². The van der Waals surface area contributed by atoms with Gasteiger partial charge in [0, 0.05) is 12.6 Å². The van der Waals surface area contributed by atoms with E-state index in [4.69, 9.17) is 13.6 Å². The number of amides is 2. The van der Waals surface area contributed by atoms with Gasteiger partial charge in [-0.05, 0) is 61.7 Å². The van der Waals surface area contributed by atoms with Crippen LogP contribution in [0.25, 0.3) is 0 Å². The average Bonchev–Trinajstić information content (AvgIpc) is 3.52. The van der Waals surface area contributed by atoms with E-state index in [0.29, 0.717) is 11.5 Å². The molecule has 1 atom stereocenters. The lowest BCUT2D eigenvalue weighted by molar-refractivity contribution is -0.127. The van der Waals surface area contributed by atoms with E-state index in [-0.39, 0.29) is 30.2 Å². The fourth-order valence-electron chi connectivity index (χ4n) is 4.30. The van der Waals surface area contributed by atoms with Crippen molar-refractivity contribution < 1.29 is 23.2 Å². The minimum Gasteiger partial charge on any atom is -0.497 e. The molecule has 1 aliphatic carbocycles. The van der Waals surface area contributed by atoms with E-state index < -0.39 is 6.04 Å². The number of carbonyl (C=O) groups is 2. The molecule has 174 valence electrons. The fourth-order valence-corrected chi connectivity index (χ4v) is 4.30. The lowest BCUT2D eigenvalue weighted by Crippen LogP contribution is -2.46. The standard InChI is InChI=1S/C26H30N2O5/c1-18-10-15-22(33-18)24(25(29)27-20-7-4-3-5-8-20)28(26(30)23-9-6-16-32-23)17-19-11-13-21(31-2)14-12-19/h6,9-16,20,24H,3-5,7-8,17H2,1-2H3,(H,27,29). The molecular formula is C26H30N2O5. The number of nitrogens with zero attached hydrogens (tertiary/aromatic N) is 1. The first-order valence-corrected chi connectivity index (χ1v) is 11.4. The monoisotopic (exact) mass is 450 g/mol. The van der Waals surface area contributed by atoms with Crippen LogP contribution in [0.3, 0.4) is 0 Å². The van der Waals surface area contributed by atoms with Crippen molar-refractivity contribution in [2.24, 2.45) is 0 Å². The van der Waals surface area contributed by atoms with Gasteiger partial charge in [0.15, 0.2) is 11.8 Å². The maximum absolute atomic E-state index is 13.6. The van der Waals surface area contributed by atoms with Gasteiger partial charge in [0.25, 0.3) is 11.8 Å². The third kappa shape index (κ3) is 5.48. The van der Waals surface area contributed by atoms with Crippen LogP contribution in [-0.2, 0) is 11.3 Å². The average molecular weight is 451 g/mol. The van der Waals surface area contributed by atoms with Crippen LogP contribution in [0.1, 0.15) is 65.8 Å². The van der Waals surface area contributed by atoms with Gasteiger partial charge in [0.05, 0.1) is 13.4 Å². The summed E-state index contributed by atoms with van der Waals surface area (Å²) in [4.78, 5) is 28.7. The zero-order chi connectivity index (χ0) is 23.2. The highest BCUT2D eigenvalue weighted by molar-refractivity contribution is 5.95. The third-order valence-corrected chi connectivity index (χ3v) is 6.05. The van der Waals surface area contributed by atoms with Crippen LogP contribution in [-0.4, -0.2) is 29.9 Å². The van der Waals surface area contributed by atoms with Gasteiger partial charge in [-0.2, -0.15) is 0 Å². The molecule has 1 aromatic carbocycles. The zero-order valence-electron chi connectivity index (χ0n) is 19.1. The summed E-state index contributed by atoms with van der Waals surface area (Å²) in [6.45, 7) is 2.02. The van der Waals surface area contributed by atoms with E-state index in [0.717, 1.165) is 37.0 Å². The molecule has 2 aromatic heterocycles. The molecule has 1 fully saturated rings. The topological polar surface area (TPSA) is 84.9 Å². The van der Waals surface area contributed by atoms with Crippen molar-refractivity contribution in [2.45, 2.75) is 57.7 Å². The summed E-state index contributed by atoms with van der Waals surface area (Å²) >= 11 is 0. The second-order valence-corrected chi connectivity index (χ2v) is 8.45. The van der Waals surface area contributed by atoms with Crippen molar-refractivity contribution in [1.82, 2.24) is 10.2 Å². The van der Waals surface area contributed by atoms with E-state index >= 15 is 0 Å². The molecule has 7 nitrogen and oxygen atoms in total. The van der Waals surface area contributed by atoms with Gasteiger partial charge in [-0.1, -0.05) is 31.4 Å². The van der Waals surface area contributed by atoms with Crippen LogP contribution >= 0.6 is 0 Å². The second-order valence-electron chi connectivity index (χ2n) is 8.45. The molecule has 0 radical (unpaired) electrons. The van der Waals surface area contributed by atoms with Gasteiger partial charge >= 0.3 is 0 Å². The highest BCUT2D eigenvalue weighted by Gasteiger charge is 2.36. The molecule has 4 rings (SSSR count). The van der Waals surface area contributed by atoms with E-state index in [1.165, 1.54) is 17.6 Å². The Kier molecular flexibility index (Phi) is 7.17. The fraction of sp³-hybridized carbons (Fsp3) is 0.385. The van der Waals surface area contributed by atoms with Gasteiger partial charge in [0.2, 0.25) is 0 Å². The molecular weight excluding hydrogens is 420 g/mol. The molecule has 0 saturated heterocycles. The SMILES string of the molecule is COc1ccc(CN(C(=O)c2ccco2)C(C(=O)NC2CCCCC2)c2ccc(C)o2)cc1. The number of methoxy groups -OCH3 is 1. The van der Waals surface area contributed by atoms with Gasteiger partial charge in [-0.25, -0.2) is 0 Å². The maximum atomic E-state index is 13.6. The Morgan fingerprint density at radius 3 is 2.45 bits per heavy atom. The van der Waals surface area contributed by atoms with Crippen molar-refractivity contribution >= 4 is 11.8 Å². The first-order valence-electron chi connectivity index (χ1n) is 11.4. The highest BCUT2D eigenvalue weighted by atomic mass is 16.5. The van der Waals surface area contributed by atoms with Crippen LogP contribution < -0.4 is 10.1 Å². The molecule has 33 heavy (non-hydrogen) atoms. The van der Waals surface area contributed by atoms with Gasteiger partial charge in [-0.3, -0.25) is 9.59 Å². The first kappa shape index (κ1) is 22.7. The molecule has 7 heteroatoms. The molecule has 2 heterocycles. The summed E-state index contributed by atoms with van der Waals surface area (Å²) in [5.74, 6) is 1.36. The Hall–Kier alpha value is -3.48. The summed E-state index contributed by atoms with van der Waals surface area (Å²) < 4.78 is 16.5. The summed E-state index contributed by atoms with van der Waals surface area (Å²) in [7, 11) is 1.60. The normalized spacial score (nSPS) is 15.1. The predicted molar refractivity (Wildman–Crippen MR) is 123 cm³/mol. The molecule has 2 amide bonds. The second kappa shape index (κ2) is 10.4. The molecule has 0 aliphatic heterocycles. The molecule has 1 saturated carbocycles. The smallest absolute Gasteiger partial charge is 0.290 e. The Balaban J connectivity index is 1.69. The summed E-state index contributed by atoms with van der Waals surface area (Å²) in [5.41, 5.74) is 0.856. The minimum atomic E-state index is -0.930. The number of aryl methyl sites for hydroxylation is 1. The van der Waals surface area contributed by atoms with Crippen LogP contribution in [0.15, 0.2) is 63.6 Å². The number of carbonyl (C=O) groups excluding carboxylic acids is 2. The minimum absolute atomic E-state index is 0.103. The molecule has 1 unspecified atom stereocenters. The number of rotatable bonds is 8. The summed E-state index contributed by atoms with van der Waals surface area (Å²) in [6.07, 6.45) is 6.72. The van der Waals surface area contributed by atoms with Crippen molar-refractivity contribution in [2.75, 3.05) is 7.11 Å². The first-order chi connectivity index (χ1) is 16.0. The lowest BCUT2D eigenvalue weighted by Gasteiger charge is -2.31. The predicted octanol–water partition coefficient (Wildman–Crippen LogP) is 5.02. The van der Waals surface area contributed by atoms with Crippen LogP contribution in [0.5, 0.6) is 5.75 Å². The van der Waals surface area contributed by atoms with Gasteiger partial charge in [0.1, 0.15) is 17.3 Å². The van der Waals surface area contributed by atoms with E-state index in [1.807, 2.05) is 31.2 Å². The maximum Gasteiger partial charge on any atom is 0.290 e. The van der Waals surface area contributed by atoms with Crippen molar-refractivity contribution in [3.05, 3.63) is 77.6 Å². The van der Waals surface area contributed by atoms with Crippen molar-refractivity contribution in [3.8, 4) is 5.75 Å². The quantitative estimate of drug-likeness (QED) is 0.521. The molecule has 0 spiro atoms. The Morgan fingerprint density at radius 2 is 1.85 bits per heavy atom. The summed E-state index contributed by atoms with van der Waals surface area (Å²) in [5, 5.41) is 3.17. The molecule has 3 aromatic rings. The van der Waals surface area contributed by atoms with E-state index in [1.54, 1.807) is 31.4 Å². The number of furan rings is 2. The Morgan fingerprint density at radius 1 is 1.09 bits per heavy atom. The van der Waals surface area contributed by atoms with Crippen LogP contribution in [0.2, 0.25) is 0 Å². The Labute approximate surface area is 193 Å². The number of hydrogen-bond donors (Lipinski definition) is 1. The van der Waals surface area contributed by atoms with Gasteiger partial charge < -0.3 is 23.8 Å². The molecule has 1 N–H and O–H groups in total. The number of ether oxygens (including phenoxy) is 1. The zero-order valence-corrected chi connectivity index (χ0v) is 19.1. The highest BCUT2D eigenvalue weighted by Crippen LogP contribution is 2.29. The Bertz CT molecular complexity index is 1050. The van der Waals surface area contributed by atoms with Gasteiger partial charge in [-0.15, -0.1) is 0 Å². The molecule has 1 aliphatic rings. The number of nitrogens with one attached hydrogen (secondary N) is 1. The largest absolute Gasteiger partial charge is 0.497 e. The summed E-state index contributed by atoms with van der Waals surface area (Å²) in [6, 6.07) is 13.4. The van der Waals surface area contributed by atoms with Crippen molar-refractivity contribution in [3.63, 3.8) is 0 Å².